The minimum Gasteiger partial charge on any atom is -0.354 e. The first-order valence-corrected chi connectivity index (χ1v) is 14.0. The third-order valence-electron chi connectivity index (χ3n) is 7.86. The van der Waals surface area contributed by atoms with Gasteiger partial charge in [0.05, 0.1) is 5.69 Å². The topological polar surface area (TPSA) is 24.9 Å². The van der Waals surface area contributed by atoms with Crippen LogP contribution in [-0.2, 0) is 0 Å². The second kappa shape index (κ2) is 8.65. The van der Waals surface area contributed by atoms with Gasteiger partial charge in [-0.15, -0.1) is 11.3 Å². The lowest BCUT2D eigenvalue weighted by molar-refractivity contribution is 1.32. The summed E-state index contributed by atoms with van der Waals surface area (Å²) in [5, 5.41) is 6.48. The van der Waals surface area contributed by atoms with Gasteiger partial charge in [-0.05, 0) is 89.3 Å². The highest BCUT2D eigenvalue weighted by Gasteiger charge is 2.22. The number of nitrogens with one attached hydrogen (secondary N) is 1. The Bertz CT molecular complexity index is 2040. The fourth-order valence-electron chi connectivity index (χ4n) is 5.88. The Morgan fingerprint density at radius 1 is 0.538 bits per heavy atom. The van der Waals surface area contributed by atoms with E-state index in [1.54, 1.807) is 0 Å². The van der Waals surface area contributed by atoms with Crippen LogP contribution in [0.1, 0.15) is 5.56 Å². The molecule has 39 heavy (non-hydrogen) atoms. The van der Waals surface area contributed by atoms with Crippen molar-refractivity contribution in [2.75, 3.05) is 5.32 Å². The molecule has 2 aromatic heterocycles. The Balaban J connectivity index is 1.45. The van der Waals surface area contributed by atoms with Crippen molar-refractivity contribution in [1.29, 1.82) is 0 Å². The molecule has 0 unspecified atom stereocenters. The first kappa shape index (κ1) is 22.3. The average Bonchev–Trinajstić information content (AvgIpc) is 3.35. The molecule has 1 aliphatic rings. The summed E-state index contributed by atoms with van der Waals surface area (Å²) >= 11 is 1.86. The van der Waals surface area contributed by atoms with Crippen molar-refractivity contribution in [3.8, 4) is 44.6 Å². The standard InChI is InChI=1S/C36H24N2S/c1-22-27-18-25(23-9-3-2-4-10-23)19-28(22)30-20-31-26-11-5-6-13-35(26)39-36(31)21-34(30)38-33-15-14-24(17-29(27)33)32-12-7-8-16-37-32/h2-21,38H,1H3. The van der Waals surface area contributed by atoms with Gasteiger partial charge in [-0.3, -0.25) is 4.98 Å². The van der Waals surface area contributed by atoms with Gasteiger partial charge in [0.15, 0.2) is 0 Å². The monoisotopic (exact) mass is 516 g/mol. The maximum absolute atomic E-state index is 4.63. The normalized spacial score (nSPS) is 11.9. The molecule has 2 nitrogen and oxygen atoms in total. The van der Waals surface area contributed by atoms with Gasteiger partial charge in [-0.1, -0.05) is 60.7 Å². The van der Waals surface area contributed by atoms with E-state index in [1.807, 2.05) is 29.7 Å². The molecule has 8 rings (SSSR count). The lowest BCUT2D eigenvalue weighted by Gasteiger charge is -2.25. The van der Waals surface area contributed by atoms with Crippen LogP contribution in [0.15, 0.2) is 121 Å². The maximum Gasteiger partial charge on any atom is 0.0702 e. The molecule has 0 saturated carbocycles. The summed E-state index contributed by atoms with van der Waals surface area (Å²) in [7, 11) is 0. The molecule has 0 atom stereocenters. The lowest BCUT2D eigenvalue weighted by Crippen LogP contribution is -2.02. The van der Waals surface area contributed by atoms with Gasteiger partial charge in [0.1, 0.15) is 0 Å². The number of rotatable bonds is 2. The van der Waals surface area contributed by atoms with E-state index < -0.39 is 0 Å². The van der Waals surface area contributed by atoms with Gasteiger partial charge in [-0.2, -0.15) is 0 Å². The number of nitrogens with zero attached hydrogens (tertiary/aromatic N) is 1. The van der Waals surface area contributed by atoms with Crippen LogP contribution in [0.3, 0.4) is 0 Å². The van der Waals surface area contributed by atoms with E-state index in [0.29, 0.717) is 0 Å². The van der Waals surface area contributed by atoms with Gasteiger partial charge in [-0.25, -0.2) is 0 Å². The quantitative estimate of drug-likeness (QED) is 0.247. The number of hydrogen-bond acceptors (Lipinski definition) is 3. The molecule has 0 amide bonds. The van der Waals surface area contributed by atoms with Crippen molar-refractivity contribution >= 4 is 42.9 Å². The fourth-order valence-corrected chi connectivity index (χ4v) is 7.01. The molecule has 0 radical (unpaired) electrons. The summed E-state index contributed by atoms with van der Waals surface area (Å²) in [5.74, 6) is 0. The van der Waals surface area contributed by atoms with Crippen molar-refractivity contribution in [3.05, 3.63) is 127 Å². The number of anilines is 2. The van der Waals surface area contributed by atoms with Gasteiger partial charge < -0.3 is 5.32 Å². The second-order valence-corrected chi connectivity index (χ2v) is 11.2. The maximum atomic E-state index is 4.63. The third-order valence-corrected chi connectivity index (χ3v) is 9.00. The molecule has 0 aliphatic carbocycles. The lowest BCUT2D eigenvalue weighted by atomic mass is 9.85. The van der Waals surface area contributed by atoms with Crippen molar-refractivity contribution in [2.45, 2.75) is 6.92 Å². The van der Waals surface area contributed by atoms with Crippen LogP contribution in [0.25, 0.3) is 64.8 Å². The average molecular weight is 517 g/mol. The van der Waals surface area contributed by atoms with Crippen molar-refractivity contribution in [1.82, 2.24) is 4.98 Å². The van der Waals surface area contributed by atoms with Crippen molar-refractivity contribution < 1.29 is 0 Å². The minimum absolute atomic E-state index is 0.979. The van der Waals surface area contributed by atoms with Crippen LogP contribution < -0.4 is 5.32 Å². The van der Waals surface area contributed by atoms with Crippen LogP contribution in [0.2, 0.25) is 0 Å². The molecule has 5 aromatic carbocycles. The van der Waals surface area contributed by atoms with Gasteiger partial charge in [0, 0.05) is 54.4 Å². The van der Waals surface area contributed by atoms with E-state index in [-0.39, 0.29) is 0 Å². The summed E-state index contributed by atoms with van der Waals surface area (Å²) in [5.41, 5.74) is 13.0. The predicted molar refractivity (Wildman–Crippen MR) is 167 cm³/mol. The second-order valence-electron chi connectivity index (χ2n) is 10.2. The highest BCUT2D eigenvalue weighted by atomic mass is 32.1. The molecule has 1 aliphatic heterocycles. The number of fused-ring (bicyclic) bond motifs is 9. The smallest absolute Gasteiger partial charge is 0.0702 e. The molecular formula is C36H24N2S. The van der Waals surface area contributed by atoms with Crippen LogP contribution in [0, 0.1) is 6.92 Å². The largest absolute Gasteiger partial charge is 0.354 e. The van der Waals surface area contributed by atoms with Gasteiger partial charge >= 0.3 is 0 Å². The first-order chi connectivity index (χ1) is 19.2. The Labute approximate surface area is 231 Å². The summed E-state index contributed by atoms with van der Waals surface area (Å²) in [6.07, 6.45) is 1.86. The van der Waals surface area contributed by atoms with Gasteiger partial charge in [0.2, 0.25) is 0 Å². The van der Waals surface area contributed by atoms with Crippen LogP contribution in [-0.4, -0.2) is 4.98 Å². The van der Waals surface area contributed by atoms with Crippen LogP contribution >= 0.6 is 11.3 Å². The summed E-state index contributed by atoms with van der Waals surface area (Å²) in [4.78, 5) is 4.63. The predicted octanol–water partition coefficient (Wildman–Crippen LogP) is 10.5. The van der Waals surface area contributed by atoms with E-state index in [4.69, 9.17) is 0 Å². The van der Waals surface area contributed by atoms with E-state index in [0.717, 1.165) is 22.6 Å². The molecule has 2 bridgehead atoms. The number of thiophene rings is 1. The minimum atomic E-state index is 0.979. The van der Waals surface area contributed by atoms with E-state index in [1.165, 1.54) is 59.1 Å². The fraction of sp³-hybridized carbons (Fsp3) is 0.0278. The van der Waals surface area contributed by atoms with Gasteiger partial charge in [0.25, 0.3) is 0 Å². The van der Waals surface area contributed by atoms with E-state index in [9.17, 15) is 0 Å². The summed E-state index contributed by atoms with van der Waals surface area (Å²) < 4.78 is 2.62. The zero-order chi connectivity index (χ0) is 25.9. The Morgan fingerprint density at radius 3 is 2.10 bits per heavy atom. The Kier molecular flexibility index (Phi) is 4.94. The first-order valence-electron chi connectivity index (χ1n) is 13.2. The highest BCUT2D eigenvalue weighted by molar-refractivity contribution is 7.25. The molecule has 3 heterocycles. The summed E-state index contributed by atoms with van der Waals surface area (Å²) in [6.45, 7) is 2.27. The number of benzene rings is 5. The number of aromatic nitrogens is 1. The third kappa shape index (κ3) is 3.58. The molecular weight excluding hydrogens is 492 g/mol. The molecule has 0 spiro atoms. The highest BCUT2D eigenvalue weighted by Crippen LogP contribution is 2.48. The molecule has 7 aromatic rings. The molecule has 0 saturated heterocycles. The Morgan fingerprint density at radius 2 is 1.28 bits per heavy atom. The van der Waals surface area contributed by atoms with Crippen LogP contribution in [0.5, 0.6) is 0 Å². The van der Waals surface area contributed by atoms with Crippen molar-refractivity contribution in [2.24, 2.45) is 0 Å². The zero-order valence-corrected chi connectivity index (χ0v) is 22.2. The van der Waals surface area contributed by atoms with E-state index >= 15 is 0 Å². The molecule has 3 heteroatoms. The number of pyridine rings is 1. The summed E-state index contributed by atoms with van der Waals surface area (Å²) in [6, 6.07) is 41.6. The molecule has 184 valence electrons. The number of hydrogen-bond donors (Lipinski definition) is 1. The zero-order valence-electron chi connectivity index (χ0n) is 21.4. The molecule has 1 N–H and O–H groups in total. The van der Waals surface area contributed by atoms with Crippen LogP contribution in [0.4, 0.5) is 11.4 Å². The Hall–Kier alpha value is -4.73. The SMILES string of the molecule is Cc1c2cc(-c3ccccc3)cc1-c1cc3c(cc1Nc1ccc(-c4ccccn4)cc1-2)sc1ccccc13. The molecule has 0 fully saturated rings. The van der Waals surface area contributed by atoms with E-state index in [2.05, 4.69) is 120 Å². The van der Waals surface area contributed by atoms with Crippen molar-refractivity contribution in [3.63, 3.8) is 0 Å².